The number of unbranched alkanes of at least 4 members (excludes halogenated alkanes) is 1. The van der Waals surface area contributed by atoms with Gasteiger partial charge in [0, 0.05) is 12.1 Å². The molecule has 0 aliphatic carbocycles. The van der Waals surface area contributed by atoms with E-state index in [4.69, 9.17) is 0 Å². The van der Waals surface area contributed by atoms with Crippen molar-refractivity contribution in [3.8, 4) is 0 Å². The highest BCUT2D eigenvalue weighted by atomic mass is 16.5. The molecular weight excluding hydrogens is 180 g/mol. The highest BCUT2D eigenvalue weighted by Gasteiger charge is 2.14. The summed E-state index contributed by atoms with van der Waals surface area (Å²) in [5.74, 6) is 0.492. The van der Waals surface area contributed by atoms with Crippen molar-refractivity contribution in [2.24, 2.45) is 0 Å². The monoisotopic (exact) mass is 196 g/mol. The molecule has 0 unspecified atom stereocenters. The number of nitrogens with zero attached hydrogens (tertiary/aromatic N) is 1. The second-order valence-electron chi connectivity index (χ2n) is 3.25. The van der Waals surface area contributed by atoms with Crippen LogP contribution in [0.5, 0.6) is 0 Å². The van der Waals surface area contributed by atoms with Crippen LogP contribution in [0.2, 0.25) is 0 Å². The first-order chi connectivity index (χ1) is 6.69. The van der Waals surface area contributed by atoms with Crippen LogP contribution in [0.25, 0.3) is 0 Å². The molecule has 1 aromatic rings. The van der Waals surface area contributed by atoms with Crippen LogP contribution >= 0.6 is 0 Å². The van der Waals surface area contributed by atoms with E-state index in [2.05, 4.69) is 21.6 Å². The number of carbonyl (C=O) groups excluding carboxylic acids is 1. The highest BCUT2D eigenvalue weighted by molar-refractivity contribution is 5.88. The van der Waals surface area contributed by atoms with Crippen molar-refractivity contribution in [2.45, 2.75) is 33.1 Å². The Hall–Kier alpha value is -1.32. The molecule has 4 nitrogen and oxygen atoms in total. The van der Waals surface area contributed by atoms with Crippen LogP contribution in [-0.2, 0) is 11.2 Å². The van der Waals surface area contributed by atoms with Gasteiger partial charge in [0.15, 0.2) is 5.69 Å². The SMILES string of the molecule is CCCCc1nc(C(=O)OC)c(C)[nH]1. The van der Waals surface area contributed by atoms with Crippen LogP contribution in [0, 0.1) is 6.92 Å². The highest BCUT2D eigenvalue weighted by Crippen LogP contribution is 2.08. The lowest BCUT2D eigenvalue weighted by Gasteiger charge is -1.93. The van der Waals surface area contributed by atoms with Crippen molar-refractivity contribution in [1.29, 1.82) is 0 Å². The summed E-state index contributed by atoms with van der Waals surface area (Å²) in [4.78, 5) is 18.5. The van der Waals surface area contributed by atoms with E-state index in [1.165, 1.54) is 7.11 Å². The van der Waals surface area contributed by atoms with Crippen molar-refractivity contribution in [3.63, 3.8) is 0 Å². The van der Waals surface area contributed by atoms with Crippen molar-refractivity contribution < 1.29 is 9.53 Å². The maximum Gasteiger partial charge on any atom is 0.358 e. The predicted molar refractivity (Wildman–Crippen MR) is 53.3 cm³/mol. The first kappa shape index (κ1) is 10.8. The number of carbonyl (C=O) groups is 1. The van der Waals surface area contributed by atoms with Crippen LogP contribution in [0.3, 0.4) is 0 Å². The van der Waals surface area contributed by atoms with Gasteiger partial charge < -0.3 is 9.72 Å². The zero-order valence-corrected chi connectivity index (χ0v) is 8.89. The Balaban J connectivity index is 2.77. The van der Waals surface area contributed by atoms with Crippen molar-refractivity contribution >= 4 is 5.97 Å². The summed E-state index contributed by atoms with van der Waals surface area (Å²) in [6, 6.07) is 0. The fourth-order valence-electron chi connectivity index (χ4n) is 1.28. The van der Waals surface area contributed by atoms with Crippen LogP contribution in [0.15, 0.2) is 0 Å². The molecule has 0 saturated carbocycles. The molecule has 0 amide bonds. The number of rotatable bonds is 4. The Labute approximate surface area is 83.7 Å². The molecule has 14 heavy (non-hydrogen) atoms. The quantitative estimate of drug-likeness (QED) is 0.748. The number of aromatic amines is 1. The Morgan fingerprint density at radius 1 is 1.57 bits per heavy atom. The summed E-state index contributed by atoms with van der Waals surface area (Å²) >= 11 is 0. The fraction of sp³-hybridized carbons (Fsp3) is 0.600. The molecular formula is C10H16N2O2. The van der Waals surface area contributed by atoms with Gasteiger partial charge in [-0.1, -0.05) is 13.3 Å². The third kappa shape index (κ3) is 2.34. The van der Waals surface area contributed by atoms with Crippen molar-refractivity contribution in [1.82, 2.24) is 9.97 Å². The first-order valence-corrected chi connectivity index (χ1v) is 4.82. The van der Waals surface area contributed by atoms with Gasteiger partial charge in [-0.25, -0.2) is 9.78 Å². The number of hydrogen-bond acceptors (Lipinski definition) is 3. The molecule has 1 heterocycles. The lowest BCUT2D eigenvalue weighted by atomic mass is 10.2. The number of methoxy groups -OCH3 is 1. The molecule has 0 radical (unpaired) electrons. The van der Waals surface area contributed by atoms with E-state index in [0.717, 1.165) is 30.8 Å². The standard InChI is InChI=1S/C10H16N2O2/c1-4-5-6-8-11-7(2)9(12-8)10(13)14-3/h4-6H2,1-3H3,(H,11,12). The van der Waals surface area contributed by atoms with E-state index in [1.54, 1.807) is 0 Å². The normalized spacial score (nSPS) is 10.2. The topological polar surface area (TPSA) is 55.0 Å². The summed E-state index contributed by atoms with van der Waals surface area (Å²) in [5.41, 5.74) is 1.18. The smallest absolute Gasteiger partial charge is 0.358 e. The Kier molecular flexibility index (Phi) is 3.68. The third-order valence-electron chi connectivity index (χ3n) is 2.08. The van der Waals surface area contributed by atoms with Gasteiger partial charge in [-0.05, 0) is 13.3 Å². The van der Waals surface area contributed by atoms with Crippen LogP contribution in [0.1, 0.15) is 41.8 Å². The molecule has 4 heteroatoms. The van der Waals surface area contributed by atoms with E-state index in [0.29, 0.717) is 5.69 Å². The number of aryl methyl sites for hydroxylation is 2. The minimum Gasteiger partial charge on any atom is -0.464 e. The molecule has 0 atom stereocenters. The molecule has 1 aromatic heterocycles. The van der Waals surface area contributed by atoms with E-state index in [1.807, 2.05) is 6.92 Å². The number of imidazole rings is 1. The minimum atomic E-state index is -0.374. The molecule has 0 aliphatic rings. The van der Waals surface area contributed by atoms with Crippen molar-refractivity contribution in [3.05, 3.63) is 17.2 Å². The van der Waals surface area contributed by atoms with E-state index in [-0.39, 0.29) is 5.97 Å². The lowest BCUT2D eigenvalue weighted by Crippen LogP contribution is -2.03. The van der Waals surface area contributed by atoms with E-state index in [9.17, 15) is 4.79 Å². The average Bonchev–Trinajstić information content (AvgIpc) is 2.55. The molecule has 0 spiro atoms. The zero-order chi connectivity index (χ0) is 10.6. The fourth-order valence-corrected chi connectivity index (χ4v) is 1.28. The maximum atomic E-state index is 11.2. The van der Waals surface area contributed by atoms with Gasteiger partial charge in [0.2, 0.25) is 0 Å². The Bertz CT molecular complexity index is 318. The average molecular weight is 196 g/mol. The number of ether oxygens (including phenoxy) is 1. The summed E-state index contributed by atoms with van der Waals surface area (Å²) < 4.78 is 4.61. The van der Waals surface area contributed by atoms with Gasteiger partial charge in [-0.15, -0.1) is 0 Å². The van der Waals surface area contributed by atoms with E-state index >= 15 is 0 Å². The number of H-pyrrole nitrogens is 1. The molecule has 0 saturated heterocycles. The summed E-state index contributed by atoms with van der Waals surface area (Å²) in [6.07, 6.45) is 3.08. The van der Waals surface area contributed by atoms with Gasteiger partial charge in [0.1, 0.15) is 5.82 Å². The largest absolute Gasteiger partial charge is 0.464 e. The molecule has 1 N–H and O–H groups in total. The van der Waals surface area contributed by atoms with Gasteiger partial charge in [0.25, 0.3) is 0 Å². The second-order valence-corrected chi connectivity index (χ2v) is 3.25. The number of hydrogen-bond donors (Lipinski definition) is 1. The molecule has 1 rings (SSSR count). The van der Waals surface area contributed by atoms with Crippen LogP contribution in [0.4, 0.5) is 0 Å². The van der Waals surface area contributed by atoms with Gasteiger partial charge in [0.05, 0.1) is 7.11 Å². The molecule has 0 fully saturated rings. The molecule has 0 aliphatic heterocycles. The van der Waals surface area contributed by atoms with Gasteiger partial charge >= 0.3 is 5.97 Å². The lowest BCUT2D eigenvalue weighted by molar-refractivity contribution is 0.0593. The summed E-state index contributed by atoms with van der Waals surface area (Å²) in [6.45, 7) is 3.95. The van der Waals surface area contributed by atoms with Gasteiger partial charge in [-0.3, -0.25) is 0 Å². The summed E-state index contributed by atoms with van der Waals surface area (Å²) in [7, 11) is 1.36. The summed E-state index contributed by atoms with van der Waals surface area (Å²) in [5, 5.41) is 0. The maximum absolute atomic E-state index is 11.2. The predicted octanol–water partition coefficient (Wildman–Crippen LogP) is 1.85. The van der Waals surface area contributed by atoms with E-state index < -0.39 is 0 Å². The van der Waals surface area contributed by atoms with Crippen LogP contribution in [-0.4, -0.2) is 23.0 Å². The molecule has 78 valence electrons. The van der Waals surface area contributed by atoms with Crippen molar-refractivity contribution in [2.75, 3.05) is 7.11 Å². The minimum absolute atomic E-state index is 0.374. The third-order valence-corrected chi connectivity index (χ3v) is 2.08. The van der Waals surface area contributed by atoms with Gasteiger partial charge in [-0.2, -0.15) is 0 Å². The molecule has 0 bridgehead atoms. The first-order valence-electron chi connectivity index (χ1n) is 4.82. The molecule has 0 aromatic carbocycles. The number of aromatic nitrogens is 2. The number of nitrogens with one attached hydrogen (secondary N) is 1. The van der Waals surface area contributed by atoms with Crippen LogP contribution < -0.4 is 0 Å². The Morgan fingerprint density at radius 2 is 2.29 bits per heavy atom. The number of esters is 1. The Morgan fingerprint density at radius 3 is 2.86 bits per heavy atom. The zero-order valence-electron chi connectivity index (χ0n) is 8.89. The second kappa shape index (κ2) is 4.79.